The van der Waals surface area contributed by atoms with Crippen LogP contribution in [0.1, 0.15) is 53.4 Å². The van der Waals surface area contributed by atoms with Crippen LogP contribution in [0.15, 0.2) is 0 Å². The van der Waals surface area contributed by atoms with Crippen molar-refractivity contribution in [1.82, 2.24) is 0 Å². The van der Waals surface area contributed by atoms with Gasteiger partial charge in [-0.2, -0.15) is 0 Å². The van der Waals surface area contributed by atoms with Crippen molar-refractivity contribution in [3.05, 3.63) is 0 Å². The van der Waals surface area contributed by atoms with E-state index in [0.717, 1.165) is 30.9 Å². The molecule has 0 saturated carbocycles. The maximum Gasteiger partial charge on any atom is 0.133 e. The van der Waals surface area contributed by atoms with Crippen molar-refractivity contribution < 1.29 is 4.79 Å². The summed E-state index contributed by atoms with van der Waals surface area (Å²) in [6.07, 6.45) is 3.87. The van der Waals surface area contributed by atoms with E-state index < -0.39 is 0 Å². The fraction of sp³-hybridized carbons (Fsp3) is 0.923. The largest absolute Gasteiger partial charge is 0.300 e. The second-order valence-electron chi connectivity index (χ2n) is 5.07. The minimum atomic E-state index is 0.433. The maximum absolute atomic E-state index is 11.4. The molecule has 0 unspecified atom stereocenters. The number of carbonyl (C=O) groups is 1. The third-order valence-corrected chi connectivity index (χ3v) is 4.71. The molecule has 0 fully saturated rings. The molecule has 0 aliphatic heterocycles. The molecule has 3 heteroatoms. The van der Waals surface area contributed by atoms with Gasteiger partial charge in [0.2, 0.25) is 0 Å². The lowest BCUT2D eigenvalue weighted by atomic mass is 10.0. The molecular weight excluding hydrogens is 236 g/mol. The summed E-state index contributed by atoms with van der Waals surface area (Å²) in [6.45, 7) is 8.73. The molecule has 0 bridgehead atoms. The van der Waals surface area contributed by atoms with Gasteiger partial charge in [-0.3, -0.25) is 4.79 Å². The van der Waals surface area contributed by atoms with Crippen LogP contribution in [0.25, 0.3) is 0 Å². The summed E-state index contributed by atoms with van der Waals surface area (Å²) in [5, 5.41) is 0. The van der Waals surface area contributed by atoms with E-state index in [0.29, 0.717) is 11.7 Å². The van der Waals surface area contributed by atoms with Crippen LogP contribution in [-0.2, 0) is 4.79 Å². The van der Waals surface area contributed by atoms with Crippen molar-refractivity contribution in [1.29, 1.82) is 0 Å². The first-order valence-corrected chi connectivity index (χ1v) is 8.77. The van der Waals surface area contributed by atoms with Crippen molar-refractivity contribution in [2.45, 2.75) is 53.4 Å². The van der Waals surface area contributed by atoms with Gasteiger partial charge in [0.1, 0.15) is 5.78 Å². The summed E-state index contributed by atoms with van der Waals surface area (Å²) in [5.41, 5.74) is 0. The lowest BCUT2D eigenvalue weighted by Crippen LogP contribution is -2.02. The van der Waals surface area contributed by atoms with E-state index in [1.54, 1.807) is 0 Å². The van der Waals surface area contributed by atoms with Gasteiger partial charge in [-0.05, 0) is 24.7 Å². The molecule has 96 valence electrons. The Morgan fingerprint density at radius 3 is 2.19 bits per heavy atom. The first-order valence-electron chi connectivity index (χ1n) is 6.28. The lowest BCUT2D eigenvalue weighted by Gasteiger charge is -2.05. The van der Waals surface area contributed by atoms with Crippen LogP contribution in [0, 0.1) is 11.8 Å². The van der Waals surface area contributed by atoms with E-state index in [1.807, 2.05) is 21.6 Å². The highest BCUT2D eigenvalue weighted by Gasteiger charge is 2.04. The van der Waals surface area contributed by atoms with E-state index in [1.165, 1.54) is 12.2 Å². The van der Waals surface area contributed by atoms with Gasteiger partial charge in [0.25, 0.3) is 0 Å². The summed E-state index contributed by atoms with van der Waals surface area (Å²) in [4.78, 5) is 11.4. The predicted octanol–water partition coefficient (Wildman–Crippen LogP) is 4.81. The number of Topliss-reactive ketones (excluding diaryl/α,β-unsaturated/α-hetero) is 1. The molecule has 0 saturated heterocycles. The third-order valence-electron chi connectivity index (χ3n) is 2.18. The van der Waals surface area contributed by atoms with Gasteiger partial charge < -0.3 is 0 Å². The quantitative estimate of drug-likeness (QED) is 0.415. The van der Waals surface area contributed by atoms with Crippen molar-refractivity contribution in [2.75, 3.05) is 11.5 Å². The smallest absolute Gasteiger partial charge is 0.133 e. The molecule has 0 aliphatic carbocycles. The van der Waals surface area contributed by atoms with E-state index in [2.05, 4.69) is 27.7 Å². The van der Waals surface area contributed by atoms with Gasteiger partial charge >= 0.3 is 0 Å². The summed E-state index contributed by atoms with van der Waals surface area (Å²) < 4.78 is 0. The standard InChI is InChI=1S/C13H26OS2/c1-11(2)7-9-16-15-8-5-6-13(14)10-12(3)4/h11-12H,5-10H2,1-4H3. The summed E-state index contributed by atoms with van der Waals surface area (Å²) >= 11 is 0. The zero-order valence-electron chi connectivity index (χ0n) is 11.1. The second-order valence-corrected chi connectivity index (χ2v) is 7.77. The maximum atomic E-state index is 11.4. The number of ketones is 1. The van der Waals surface area contributed by atoms with Crippen molar-refractivity contribution in [3.63, 3.8) is 0 Å². The van der Waals surface area contributed by atoms with Crippen LogP contribution in [0.2, 0.25) is 0 Å². The Morgan fingerprint density at radius 2 is 1.62 bits per heavy atom. The second kappa shape index (κ2) is 10.5. The summed E-state index contributed by atoms with van der Waals surface area (Å²) in [5.74, 6) is 4.11. The summed E-state index contributed by atoms with van der Waals surface area (Å²) in [7, 11) is 3.87. The Balaban J connectivity index is 3.18. The van der Waals surface area contributed by atoms with Crippen LogP contribution >= 0.6 is 21.6 Å². The monoisotopic (exact) mass is 262 g/mol. The SMILES string of the molecule is CC(C)CCSSCCCC(=O)CC(C)C. The van der Waals surface area contributed by atoms with E-state index >= 15 is 0 Å². The number of hydrogen-bond donors (Lipinski definition) is 0. The zero-order valence-corrected chi connectivity index (χ0v) is 12.8. The molecule has 0 atom stereocenters. The Morgan fingerprint density at radius 1 is 1.00 bits per heavy atom. The van der Waals surface area contributed by atoms with Crippen LogP contribution < -0.4 is 0 Å². The molecular formula is C13H26OS2. The number of rotatable bonds is 10. The predicted molar refractivity (Wildman–Crippen MR) is 78.1 cm³/mol. The van der Waals surface area contributed by atoms with Crippen molar-refractivity contribution in [2.24, 2.45) is 11.8 Å². The molecule has 0 N–H and O–H groups in total. The summed E-state index contributed by atoms with van der Waals surface area (Å²) in [6, 6.07) is 0. The fourth-order valence-corrected chi connectivity index (χ4v) is 3.70. The van der Waals surface area contributed by atoms with Gasteiger partial charge in [-0.1, -0.05) is 49.3 Å². The topological polar surface area (TPSA) is 17.1 Å². The first-order chi connectivity index (χ1) is 7.52. The Hall–Kier alpha value is 0.370. The molecule has 0 aromatic heterocycles. The third kappa shape index (κ3) is 12.4. The van der Waals surface area contributed by atoms with E-state index in [9.17, 15) is 4.79 Å². The Bertz CT molecular complexity index is 179. The molecule has 0 aliphatic rings. The molecule has 0 heterocycles. The molecule has 0 spiro atoms. The van der Waals surface area contributed by atoms with Crippen LogP contribution in [0.5, 0.6) is 0 Å². The van der Waals surface area contributed by atoms with Crippen molar-refractivity contribution in [3.8, 4) is 0 Å². The molecule has 0 rings (SSSR count). The molecule has 0 aromatic carbocycles. The number of carbonyl (C=O) groups excluding carboxylic acids is 1. The Kier molecular flexibility index (Phi) is 10.8. The van der Waals surface area contributed by atoms with Gasteiger partial charge in [0, 0.05) is 24.3 Å². The van der Waals surface area contributed by atoms with Crippen LogP contribution in [0.4, 0.5) is 0 Å². The highest BCUT2D eigenvalue weighted by atomic mass is 33.1. The first kappa shape index (κ1) is 16.4. The average molecular weight is 262 g/mol. The Labute approximate surface area is 109 Å². The fourth-order valence-electron chi connectivity index (χ4n) is 1.29. The number of hydrogen-bond acceptors (Lipinski definition) is 3. The lowest BCUT2D eigenvalue weighted by molar-refractivity contribution is -0.119. The molecule has 0 aromatic rings. The van der Waals surface area contributed by atoms with Crippen LogP contribution in [-0.4, -0.2) is 17.3 Å². The average Bonchev–Trinajstić information content (AvgIpc) is 2.14. The molecule has 1 nitrogen and oxygen atoms in total. The molecule has 16 heavy (non-hydrogen) atoms. The zero-order chi connectivity index (χ0) is 12.4. The van der Waals surface area contributed by atoms with Gasteiger partial charge in [0.05, 0.1) is 0 Å². The van der Waals surface area contributed by atoms with Gasteiger partial charge in [0.15, 0.2) is 0 Å². The van der Waals surface area contributed by atoms with Crippen molar-refractivity contribution >= 4 is 27.4 Å². The minimum absolute atomic E-state index is 0.433. The van der Waals surface area contributed by atoms with Gasteiger partial charge in [-0.15, -0.1) is 0 Å². The minimum Gasteiger partial charge on any atom is -0.300 e. The normalized spacial score (nSPS) is 11.4. The highest BCUT2D eigenvalue weighted by Crippen LogP contribution is 2.24. The van der Waals surface area contributed by atoms with Gasteiger partial charge in [-0.25, -0.2) is 0 Å². The highest BCUT2D eigenvalue weighted by molar-refractivity contribution is 8.76. The molecule has 0 radical (unpaired) electrons. The molecule has 0 amide bonds. The van der Waals surface area contributed by atoms with E-state index in [-0.39, 0.29) is 0 Å². The van der Waals surface area contributed by atoms with Crippen LogP contribution in [0.3, 0.4) is 0 Å². The van der Waals surface area contributed by atoms with E-state index in [4.69, 9.17) is 0 Å².